The normalized spacial score (nSPS) is 15.4. The van der Waals surface area contributed by atoms with Crippen molar-refractivity contribution >= 4 is 18.1 Å². The van der Waals surface area contributed by atoms with Gasteiger partial charge in [0.05, 0.1) is 18.7 Å². The van der Waals surface area contributed by atoms with E-state index in [2.05, 4.69) is 17.2 Å². The fourth-order valence-corrected chi connectivity index (χ4v) is 1.61. The Hall–Kier alpha value is -2.30. The third kappa shape index (κ3) is 2.88. The SMILES string of the molecule is C=Cc1ccc(C(=O)OC2CNC(=O)NC2)cc1. The first-order valence-electron chi connectivity index (χ1n) is 5.64. The molecule has 1 heterocycles. The molecule has 0 bridgehead atoms. The van der Waals surface area contributed by atoms with E-state index < -0.39 is 5.97 Å². The first kappa shape index (κ1) is 12.2. The van der Waals surface area contributed by atoms with Crippen LogP contribution in [0.4, 0.5) is 4.79 Å². The summed E-state index contributed by atoms with van der Waals surface area (Å²) in [5.41, 5.74) is 1.43. The number of amides is 2. The van der Waals surface area contributed by atoms with Crippen molar-refractivity contribution < 1.29 is 14.3 Å². The lowest BCUT2D eigenvalue weighted by molar-refractivity contribution is 0.0290. The van der Waals surface area contributed by atoms with Gasteiger partial charge in [-0.05, 0) is 17.7 Å². The number of urea groups is 1. The molecule has 0 spiro atoms. The fraction of sp³-hybridized carbons (Fsp3) is 0.231. The lowest BCUT2D eigenvalue weighted by atomic mass is 10.1. The molecule has 1 aromatic rings. The minimum absolute atomic E-state index is 0.238. The molecule has 0 unspecified atom stereocenters. The molecule has 0 radical (unpaired) electrons. The van der Waals surface area contributed by atoms with Gasteiger partial charge in [0.2, 0.25) is 0 Å². The molecule has 0 aromatic heterocycles. The molecule has 5 nitrogen and oxygen atoms in total. The zero-order valence-electron chi connectivity index (χ0n) is 9.81. The van der Waals surface area contributed by atoms with Crippen molar-refractivity contribution in [2.24, 2.45) is 0 Å². The molecule has 1 saturated heterocycles. The summed E-state index contributed by atoms with van der Waals surface area (Å²) in [4.78, 5) is 22.7. The zero-order chi connectivity index (χ0) is 13.0. The fourth-order valence-electron chi connectivity index (χ4n) is 1.61. The molecule has 2 rings (SSSR count). The number of hydrogen-bond donors (Lipinski definition) is 2. The monoisotopic (exact) mass is 246 g/mol. The molecule has 0 saturated carbocycles. The van der Waals surface area contributed by atoms with Crippen LogP contribution in [0.2, 0.25) is 0 Å². The van der Waals surface area contributed by atoms with Crippen LogP contribution < -0.4 is 10.6 Å². The van der Waals surface area contributed by atoms with Crippen molar-refractivity contribution in [1.82, 2.24) is 10.6 Å². The van der Waals surface area contributed by atoms with Gasteiger partial charge in [0, 0.05) is 0 Å². The molecule has 18 heavy (non-hydrogen) atoms. The maximum absolute atomic E-state index is 11.8. The van der Waals surface area contributed by atoms with Crippen LogP contribution in [0.15, 0.2) is 30.8 Å². The molecule has 1 aromatic carbocycles. The van der Waals surface area contributed by atoms with E-state index in [1.807, 2.05) is 0 Å². The van der Waals surface area contributed by atoms with Crippen molar-refractivity contribution in [3.63, 3.8) is 0 Å². The topological polar surface area (TPSA) is 67.4 Å². The Balaban J connectivity index is 1.94. The summed E-state index contributed by atoms with van der Waals surface area (Å²) in [7, 11) is 0. The van der Waals surface area contributed by atoms with E-state index in [4.69, 9.17) is 4.74 Å². The third-order valence-electron chi connectivity index (χ3n) is 2.64. The van der Waals surface area contributed by atoms with Gasteiger partial charge < -0.3 is 15.4 Å². The van der Waals surface area contributed by atoms with E-state index >= 15 is 0 Å². The highest BCUT2D eigenvalue weighted by Crippen LogP contribution is 2.08. The minimum atomic E-state index is -0.395. The van der Waals surface area contributed by atoms with Gasteiger partial charge >= 0.3 is 12.0 Å². The molecular formula is C13H14N2O3. The zero-order valence-corrected chi connectivity index (χ0v) is 9.81. The number of carbonyl (C=O) groups is 2. The first-order valence-corrected chi connectivity index (χ1v) is 5.64. The highest BCUT2D eigenvalue weighted by Gasteiger charge is 2.21. The van der Waals surface area contributed by atoms with Crippen molar-refractivity contribution in [1.29, 1.82) is 0 Å². The lowest BCUT2D eigenvalue weighted by Crippen LogP contribution is -2.52. The maximum atomic E-state index is 11.8. The Morgan fingerprint density at radius 1 is 1.28 bits per heavy atom. The van der Waals surface area contributed by atoms with Crippen molar-refractivity contribution in [2.45, 2.75) is 6.10 Å². The van der Waals surface area contributed by atoms with Gasteiger partial charge in [0.1, 0.15) is 6.10 Å². The molecule has 5 heteroatoms. The summed E-state index contributed by atoms with van der Waals surface area (Å²) < 4.78 is 5.26. The second-order valence-corrected chi connectivity index (χ2v) is 3.94. The van der Waals surface area contributed by atoms with Crippen LogP contribution in [0.25, 0.3) is 6.08 Å². The van der Waals surface area contributed by atoms with Gasteiger partial charge in [-0.25, -0.2) is 9.59 Å². The van der Waals surface area contributed by atoms with Crippen LogP contribution in [0.5, 0.6) is 0 Å². The van der Waals surface area contributed by atoms with E-state index in [0.717, 1.165) is 5.56 Å². The predicted molar refractivity (Wildman–Crippen MR) is 67.1 cm³/mol. The van der Waals surface area contributed by atoms with Gasteiger partial charge in [-0.3, -0.25) is 0 Å². The maximum Gasteiger partial charge on any atom is 0.338 e. The smallest absolute Gasteiger partial charge is 0.338 e. The van der Waals surface area contributed by atoms with Gasteiger partial charge in [0.15, 0.2) is 0 Å². The summed E-state index contributed by atoms with van der Waals surface area (Å²) in [6, 6.07) is 6.73. The van der Waals surface area contributed by atoms with E-state index in [1.165, 1.54) is 0 Å². The number of hydrogen-bond acceptors (Lipinski definition) is 3. The average molecular weight is 246 g/mol. The van der Waals surface area contributed by atoms with Crippen LogP contribution in [0.3, 0.4) is 0 Å². The Bertz CT molecular complexity index is 458. The Labute approximate surface area is 105 Å². The minimum Gasteiger partial charge on any atom is -0.455 e. The van der Waals surface area contributed by atoms with Crippen LogP contribution >= 0.6 is 0 Å². The van der Waals surface area contributed by atoms with E-state index in [1.54, 1.807) is 30.3 Å². The molecular weight excluding hydrogens is 232 g/mol. The first-order chi connectivity index (χ1) is 8.69. The van der Waals surface area contributed by atoms with E-state index in [0.29, 0.717) is 18.7 Å². The van der Waals surface area contributed by atoms with Gasteiger partial charge in [-0.1, -0.05) is 24.8 Å². The summed E-state index contributed by atoms with van der Waals surface area (Å²) in [6.45, 7) is 4.31. The van der Waals surface area contributed by atoms with Gasteiger partial charge in [-0.2, -0.15) is 0 Å². The standard InChI is InChI=1S/C13H14N2O3/c1-2-9-3-5-10(6-4-9)12(16)18-11-7-14-13(17)15-8-11/h2-6,11H,1,7-8H2,(H2,14,15,17). The Morgan fingerprint density at radius 3 is 2.44 bits per heavy atom. The molecule has 94 valence electrons. The number of ether oxygens (including phenoxy) is 1. The number of nitrogens with one attached hydrogen (secondary N) is 2. The highest BCUT2D eigenvalue weighted by molar-refractivity contribution is 5.89. The van der Waals surface area contributed by atoms with Crippen LogP contribution in [-0.2, 0) is 4.74 Å². The lowest BCUT2D eigenvalue weighted by Gasteiger charge is -2.23. The Morgan fingerprint density at radius 2 is 1.89 bits per heavy atom. The summed E-state index contributed by atoms with van der Waals surface area (Å²) in [5, 5.41) is 5.13. The van der Waals surface area contributed by atoms with Gasteiger partial charge in [0.25, 0.3) is 0 Å². The molecule has 0 aliphatic carbocycles. The van der Waals surface area contributed by atoms with Gasteiger partial charge in [-0.15, -0.1) is 0 Å². The number of carbonyl (C=O) groups excluding carboxylic acids is 2. The third-order valence-corrected chi connectivity index (χ3v) is 2.64. The molecule has 0 atom stereocenters. The largest absolute Gasteiger partial charge is 0.455 e. The second kappa shape index (κ2) is 5.35. The predicted octanol–water partition coefficient (Wildman–Crippen LogP) is 1.17. The van der Waals surface area contributed by atoms with Crippen molar-refractivity contribution in [2.75, 3.05) is 13.1 Å². The van der Waals surface area contributed by atoms with E-state index in [9.17, 15) is 9.59 Å². The quantitative estimate of drug-likeness (QED) is 0.787. The second-order valence-electron chi connectivity index (χ2n) is 3.94. The molecule has 1 fully saturated rings. The average Bonchev–Trinajstić information content (AvgIpc) is 2.41. The van der Waals surface area contributed by atoms with Crippen molar-refractivity contribution in [3.8, 4) is 0 Å². The number of esters is 1. The molecule has 1 aliphatic rings. The van der Waals surface area contributed by atoms with E-state index in [-0.39, 0.29) is 12.1 Å². The number of rotatable bonds is 3. The number of benzene rings is 1. The molecule has 2 N–H and O–H groups in total. The Kier molecular flexibility index (Phi) is 3.62. The van der Waals surface area contributed by atoms with Crippen molar-refractivity contribution in [3.05, 3.63) is 42.0 Å². The van der Waals surface area contributed by atoms with Crippen LogP contribution in [-0.4, -0.2) is 31.2 Å². The highest BCUT2D eigenvalue weighted by atomic mass is 16.5. The summed E-state index contributed by atoms with van der Waals surface area (Å²) in [5.74, 6) is -0.395. The van der Waals surface area contributed by atoms with Crippen LogP contribution in [0, 0.1) is 0 Å². The van der Waals surface area contributed by atoms with Crippen LogP contribution in [0.1, 0.15) is 15.9 Å². The molecule has 2 amide bonds. The molecule has 1 aliphatic heterocycles. The summed E-state index contributed by atoms with van der Waals surface area (Å²) in [6.07, 6.45) is 1.37. The summed E-state index contributed by atoms with van der Waals surface area (Å²) >= 11 is 0.